The number of nitrogens with one attached hydrogen (secondary N) is 1. The molecule has 0 saturated carbocycles. The van der Waals surface area contributed by atoms with Crippen LogP contribution in [-0.2, 0) is 0 Å². The molecule has 0 spiro atoms. The Balaban J connectivity index is 2.39. The Labute approximate surface area is 103 Å². The second-order valence-corrected chi connectivity index (χ2v) is 5.34. The highest BCUT2D eigenvalue weighted by molar-refractivity contribution is 5.41. The third-order valence-corrected chi connectivity index (χ3v) is 3.27. The van der Waals surface area contributed by atoms with E-state index in [-0.39, 0.29) is 11.5 Å². The Bertz CT molecular complexity index is 456. The molecule has 1 atom stereocenters. The van der Waals surface area contributed by atoms with E-state index in [4.69, 9.17) is 11.2 Å². The first-order chi connectivity index (χ1) is 8.04. The highest BCUT2D eigenvalue weighted by Crippen LogP contribution is 2.42. The fraction of sp³-hybridized carbons (Fsp3) is 0.467. The number of aryl methyl sites for hydroxylation is 1. The number of rotatable bonds is 2. The molecule has 0 saturated heterocycles. The third kappa shape index (κ3) is 2.30. The summed E-state index contributed by atoms with van der Waals surface area (Å²) in [6.45, 7) is 7.80. The zero-order chi connectivity index (χ0) is 12.5. The number of hydrogen-bond donors (Lipinski definition) is 1. The van der Waals surface area contributed by atoms with Gasteiger partial charge < -0.3 is 4.74 Å². The van der Waals surface area contributed by atoms with Crippen molar-refractivity contribution in [3.63, 3.8) is 0 Å². The maximum absolute atomic E-state index is 5.81. The summed E-state index contributed by atoms with van der Waals surface area (Å²) >= 11 is 0. The summed E-state index contributed by atoms with van der Waals surface area (Å²) in [5.74, 6) is 3.62. The zero-order valence-corrected chi connectivity index (χ0v) is 10.7. The maximum atomic E-state index is 5.81. The molecule has 0 radical (unpaired) electrons. The van der Waals surface area contributed by atoms with E-state index in [0.717, 1.165) is 5.75 Å². The molecule has 0 aromatic heterocycles. The molecule has 1 N–H and O–H groups in total. The van der Waals surface area contributed by atoms with Gasteiger partial charge in [0.1, 0.15) is 5.75 Å². The van der Waals surface area contributed by atoms with Gasteiger partial charge in [-0.1, -0.05) is 37.5 Å². The van der Waals surface area contributed by atoms with Crippen molar-refractivity contribution >= 4 is 0 Å². The van der Waals surface area contributed by atoms with E-state index in [1.54, 1.807) is 0 Å². The minimum Gasteiger partial charge on any atom is -0.493 e. The molecule has 0 fully saturated rings. The lowest BCUT2D eigenvalue weighted by Crippen LogP contribution is -2.41. The molecule has 1 aliphatic rings. The topological polar surface area (TPSA) is 21.3 Å². The molecule has 17 heavy (non-hydrogen) atoms. The molecule has 2 heteroatoms. The zero-order valence-electron chi connectivity index (χ0n) is 10.7. The number of terminal acetylenes is 1. The van der Waals surface area contributed by atoms with Crippen LogP contribution in [0.3, 0.4) is 0 Å². The molecule has 2 rings (SSSR count). The Morgan fingerprint density at radius 3 is 3.00 bits per heavy atom. The largest absolute Gasteiger partial charge is 0.493 e. The quantitative estimate of drug-likeness (QED) is 0.787. The van der Waals surface area contributed by atoms with Crippen LogP contribution >= 0.6 is 0 Å². The molecule has 1 aromatic rings. The Hall–Kier alpha value is -1.46. The van der Waals surface area contributed by atoms with E-state index in [1.807, 2.05) is 6.07 Å². The van der Waals surface area contributed by atoms with Crippen LogP contribution in [0.25, 0.3) is 0 Å². The number of hydrogen-bond acceptors (Lipinski definition) is 2. The third-order valence-electron chi connectivity index (χ3n) is 3.27. The van der Waals surface area contributed by atoms with Crippen LogP contribution in [0.1, 0.15) is 31.0 Å². The summed E-state index contributed by atoms with van der Waals surface area (Å²) < 4.78 is 5.81. The maximum Gasteiger partial charge on any atom is 0.124 e. The van der Waals surface area contributed by atoms with Gasteiger partial charge in [0, 0.05) is 17.0 Å². The molecule has 0 aliphatic carbocycles. The molecule has 0 bridgehead atoms. The lowest BCUT2D eigenvalue weighted by Gasteiger charge is -2.40. The van der Waals surface area contributed by atoms with E-state index < -0.39 is 0 Å². The standard InChI is InChI=1S/C15H19NO/c1-5-8-16-14-12-9-11(2)6-7-13(12)17-10-15(14,3)4/h1,6-7,9,14,16H,8,10H2,2-4H3. The second-order valence-electron chi connectivity index (χ2n) is 5.34. The Morgan fingerprint density at radius 2 is 2.29 bits per heavy atom. The van der Waals surface area contributed by atoms with Gasteiger partial charge in [0.05, 0.1) is 13.2 Å². The fourth-order valence-electron chi connectivity index (χ4n) is 2.34. The van der Waals surface area contributed by atoms with Crippen LogP contribution < -0.4 is 10.1 Å². The summed E-state index contributed by atoms with van der Waals surface area (Å²) in [5.41, 5.74) is 2.52. The van der Waals surface area contributed by atoms with Crippen molar-refractivity contribution in [2.24, 2.45) is 5.41 Å². The summed E-state index contributed by atoms with van der Waals surface area (Å²) in [6.07, 6.45) is 5.34. The summed E-state index contributed by atoms with van der Waals surface area (Å²) in [4.78, 5) is 0. The van der Waals surface area contributed by atoms with Crippen LogP contribution in [0, 0.1) is 24.7 Å². The summed E-state index contributed by atoms with van der Waals surface area (Å²) in [5, 5.41) is 3.43. The van der Waals surface area contributed by atoms with Crippen molar-refractivity contribution in [2.45, 2.75) is 26.8 Å². The Kier molecular flexibility index (Phi) is 3.13. The van der Waals surface area contributed by atoms with Gasteiger partial charge in [-0.2, -0.15) is 0 Å². The van der Waals surface area contributed by atoms with Gasteiger partial charge in [0.2, 0.25) is 0 Å². The van der Waals surface area contributed by atoms with E-state index in [1.165, 1.54) is 11.1 Å². The summed E-state index contributed by atoms with van der Waals surface area (Å²) in [6, 6.07) is 6.56. The van der Waals surface area contributed by atoms with E-state index >= 15 is 0 Å². The van der Waals surface area contributed by atoms with Crippen molar-refractivity contribution in [1.82, 2.24) is 5.32 Å². The van der Waals surface area contributed by atoms with Crippen LogP contribution in [0.4, 0.5) is 0 Å². The van der Waals surface area contributed by atoms with Gasteiger partial charge in [-0.15, -0.1) is 6.42 Å². The molecule has 90 valence electrons. The van der Waals surface area contributed by atoms with Crippen LogP contribution in [0.15, 0.2) is 18.2 Å². The average molecular weight is 229 g/mol. The minimum absolute atomic E-state index is 0.0532. The van der Waals surface area contributed by atoms with Gasteiger partial charge in [-0.25, -0.2) is 0 Å². The van der Waals surface area contributed by atoms with Gasteiger partial charge >= 0.3 is 0 Å². The molecular formula is C15H19NO. The first-order valence-corrected chi connectivity index (χ1v) is 5.95. The second kappa shape index (κ2) is 4.43. The molecule has 0 amide bonds. The lowest BCUT2D eigenvalue weighted by molar-refractivity contribution is 0.106. The van der Waals surface area contributed by atoms with Crippen molar-refractivity contribution in [3.05, 3.63) is 29.3 Å². The predicted octanol–water partition coefficient (Wildman–Crippen LogP) is 2.68. The van der Waals surface area contributed by atoms with Gasteiger partial charge in [-0.05, 0) is 13.0 Å². The minimum atomic E-state index is 0.0532. The van der Waals surface area contributed by atoms with Gasteiger partial charge in [-0.3, -0.25) is 5.32 Å². The smallest absolute Gasteiger partial charge is 0.124 e. The van der Waals surface area contributed by atoms with E-state index in [9.17, 15) is 0 Å². The molecule has 1 aliphatic heterocycles. The fourth-order valence-corrected chi connectivity index (χ4v) is 2.34. The van der Waals surface area contributed by atoms with Crippen molar-refractivity contribution in [2.75, 3.05) is 13.2 Å². The van der Waals surface area contributed by atoms with E-state index in [2.05, 4.69) is 44.1 Å². The molecule has 1 aromatic carbocycles. The number of fused-ring (bicyclic) bond motifs is 1. The molecule has 1 unspecified atom stereocenters. The van der Waals surface area contributed by atoms with Crippen molar-refractivity contribution in [3.8, 4) is 18.1 Å². The summed E-state index contributed by atoms with van der Waals surface area (Å²) in [7, 11) is 0. The van der Waals surface area contributed by atoms with Crippen LogP contribution in [0.2, 0.25) is 0 Å². The van der Waals surface area contributed by atoms with Crippen molar-refractivity contribution < 1.29 is 4.74 Å². The molecule has 2 nitrogen and oxygen atoms in total. The highest BCUT2D eigenvalue weighted by atomic mass is 16.5. The first kappa shape index (κ1) is 12.0. The molecular weight excluding hydrogens is 210 g/mol. The normalized spacial score (nSPS) is 21.2. The van der Waals surface area contributed by atoms with Crippen LogP contribution in [0.5, 0.6) is 5.75 Å². The SMILES string of the molecule is C#CCNC1c2cc(C)ccc2OCC1(C)C. The van der Waals surface area contributed by atoms with Gasteiger partial charge in [0.25, 0.3) is 0 Å². The predicted molar refractivity (Wildman–Crippen MR) is 70.0 cm³/mol. The van der Waals surface area contributed by atoms with E-state index in [0.29, 0.717) is 13.2 Å². The number of benzene rings is 1. The van der Waals surface area contributed by atoms with Crippen LogP contribution in [-0.4, -0.2) is 13.2 Å². The number of ether oxygens (including phenoxy) is 1. The Morgan fingerprint density at radius 1 is 1.53 bits per heavy atom. The highest BCUT2D eigenvalue weighted by Gasteiger charge is 2.36. The monoisotopic (exact) mass is 229 g/mol. The molecule has 1 heterocycles. The van der Waals surface area contributed by atoms with Gasteiger partial charge in [0.15, 0.2) is 0 Å². The lowest BCUT2D eigenvalue weighted by atomic mass is 9.78. The first-order valence-electron chi connectivity index (χ1n) is 5.95. The average Bonchev–Trinajstić information content (AvgIpc) is 2.27. The van der Waals surface area contributed by atoms with Crippen molar-refractivity contribution in [1.29, 1.82) is 0 Å².